The van der Waals surface area contributed by atoms with Crippen LogP contribution in [-0.4, -0.2) is 37.0 Å². The summed E-state index contributed by atoms with van der Waals surface area (Å²) in [4.78, 5) is 24.4. The molecule has 0 spiro atoms. The third-order valence-corrected chi connectivity index (χ3v) is 3.55. The van der Waals surface area contributed by atoms with E-state index in [0.29, 0.717) is 11.5 Å². The molecular formula is C17H18N2O5. The maximum atomic E-state index is 12.5. The van der Waals surface area contributed by atoms with Crippen molar-refractivity contribution in [3.63, 3.8) is 0 Å². The number of carbonyl (C=O) groups is 1. The summed E-state index contributed by atoms with van der Waals surface area (Å²) in [6.07, 6.45) is 0. The number of methoxy groups -OCH3 is 2. The Morgan fingerprint density at radius 3 is 2.42 bits per heavy atom. The first kappa shape index (κ1) is 17.3. The van der Waals surface area contributed by atoms with Crippen LogP contribution < -0.4 is 9.47 Å². The highest BCUT2D eigenvalue weighted by atomic mass is 16.6. The first-order chi connectivity index (χ1) is 11.5. The highest BCUT2D eigenvalue weighted by Crippen LogP contribution is 2.28. The smallest absolute Gasteiger partial charge is 0.282 e. The summed E-state index contributed by atoms with van der Waals surface area (Å²) >= 11 is 0. The molecule has 7 heteroatoms. The van der Waals surface area contributed by atoms with E-state index in [1.165, 1.54) is 30.2 Å². The van der Waals surface area contributed by atoms with Crippen LogP contribution in [0.4, 0.5) is 5.69 Å². The molecule has 0 aliphatic carbocycles. The van der Waals surface area contributed by atoms with E-state index in [1.807, 2.05) is 6.07 Å². The lowest BCUT2D eigenvalue weighted by molar-refractivity contribution is -0.385. The van der Waals surface area contributed by atoms with Crippen molar-refractivity contribution in [1.29, 1.82) is 0 Å². The minimum Gasteiger partial charge on any atom is -0.493 e. The number of nitro groups is 1. The predicted molar refractivity (Wildman–Crippen MR) is 88.4 cm³/mol. The van der Waals surface area contributed by atoms with Crippen molar-refractivity contribution in [2.45, 2.75) is 6.54 Å². The Morgan fingerprint density at radius 1 is 1.12 bits per heavy atom. The summed E-state index contributed by atoms with van der Waals surface area (Å²) in [5.74, 6) is 0.729. The van der Waals surface area contributed by atoms with E-state index >= 15 is 0 Å². The van der Waals surface area contributed by atoms with Gasteiger partial charge in [0.05, 0.1) is 19.1 Å². The van der Waals surface area contributed by atoms with Crippen LogP contribution in [0.3, 0.4) is 0 Å². The number of benzene rings is 2. The van der Waals surface area contributed by atoms with Crippen LogP contribution in [-0.2, 0) is 6.54 Å². The van der Waals surface area contributed by atoms with Crippen LogP contribution in [0.1, 0.15) is 15.9 Å². The molecule has 0 heterocycles. The molecule has 2 rings (SSSR count). The lowest BCUT2D eigenvalue weighted by Gasteiger charge is -2.18. The van der Waals surface area contributed by atoms with Crippen molar-refractivity contribution >= 4 is 11.6 Å². The summed E-state index contributed by atoms with van der Waals surface area (Å²) in [6, 6.07) is 11.2. The van der Waals surface area contributed by atoms with E-state index in [4.69, 9.17) is 9.47 Å². The highest BCUT2D eigenvalue weighted by molar-refractivity contribution is 5.97. The molecule has 7 nitrogen and oxygen atoms in total. The lowest BCUT2D eigenvalue weighted by Crippen LogP contribution is -2.26. The minimum atomic E-state index is -0.558. The second-order valence-electron chi connectivity index (χ2n) is 5.12. The molecule has 24 heavy (non-hydrogen) atoms. The van der Waals surface area contributed by atoms with Gasteiger partial charge in [-0.15, -0.1) is 0 Å². The number of ether oxygens (including phenoxy) is 2. The SMILES string of the molecule is COc1ccc(CN(C)C(=O)c2ccccc2[N+](=O)[O-])cc1OC. The number of para-hydroxylation sites is 1. The molecule has 0 aliphatic rings. The van der Waals surface area contributed by atoms with Gasteiger partial charge in [-0.2, -0.15) is 0 Å². The Bertz CT molecular complexity index is 760. The van der Waals surface area contributed by atoms with Crippen molar-refractivity contribution in [3.8, 4) is 11.5 Å². The Labute approximate surface area is 139 Å². The molecule has 2 aromatic rings. The molecule has 0 N–H and O–H groups in total. The monoisotopic (exact) mass is 330 g/mol. The van der Waals surface area contributed by atoms with E-state index in [1.54, 1.807) is 32.4 Å². The fraction of sp³-hybridized carbons (Fsp3) is 0.235. The van der Waals surface area contributed by atoms with Crippen LogP contribution in [0, 0.1) is 10.1 Å². The second kappa shape index (κ2) is 7.45. The van der Waals surface area contributed by atoms with Gasteiger partial charge in [0.15, 0.2) is 11.5 Å². The lowest BCUT2D eigenvalue weighted by atomic mass is 10.1. The molecule has 0 bridgehead atoms. The van der Waals surface area contributed by atoms with Gasteiger partial charge in [0, 0.05) is 19.7 Å². The first-order valence-electron chi connectivity index (χ1n) is 7.17. The van der Waals surface area contributed by atoms with Gasteiger partial charge in [0.1, 0.15) is 5.56 Å². The number of rotatable bonds is 6. The molecule has 0 aromatic heterocycles. The zero-order valence-electron chi connectivity index (χ0n) is 13.7. The van der Waals surface area contributed by atoms with Gasteiger partial charge in [0.2, 0.25) is 0 Å². The molecule has 0 aliphatic heterocycles. The molecule has 0 fully saturated rings. The number of hydrogen-bond donors (Lipinski definition) is 0. The maximum Gasteiger partial charge on any atom is 0.282 e. The molecule has 0 saturated heterocycles. The van der Waals surface area contributed by atoms with E-state index in [0.717, 1.165) is 5.56 Å². The van der Waals surface area contributed by atoms with Crippen LogP contribution >= 0.6 is 0 Å². The van der Waals surface area contributed by atoms with Gasteiger partial charge in [0.25, 0.3) is 11.6 Å². The third kappa shape index (κ3) is 3.62. The topological polar surface area (TPSA) is 81.9 Å². The fourth-order valence-corrected chi connectivity index (χ4v) is 2.34. The average Bonchev–Trinajstić information content (AvgIpc) is 2.60. The number of amides is 1. The van der Waals surface area contributed by atoms with Gasteiger partial charge < -0.3 is 14.4 Å². The number of carbonyl (C=O) groups excluding carboxylic acids is 1. The second-order valence-corrected chi connectivity index (χ2v) is 5.12. The molecule has 0 unspecified atom stereocenters. The van der Waals surface area contributed by atoms with E-state index < -0.39 is 10.8 Å². The van der Waals surface area contributed by atoms with Gasteiger partial charge in [-0.05, 0) is 23.8 Å². The van der Waals surface area contributed by atoms with Crippen LogP contribution in [0.2, 0.25) is 0 Å². The van der Waals surface area contributed by atoms with Gasteiger partial charge in [-0.25, -0.2) is 0 Å². The summed E-state index contributed by atoms with van der Waals surface area (Å²) in [5.41, 5.74) is 0.675. The molecule has 0 radical (unpaired) electrons. The fourth-order valence-electron chi connectivity index (χ4n) is 2.34. The summed E-state index contributed by atoms with van der Waals surface area (Å²) in [7, 11) is 4.67. The quantitative estimate of drug-likeness (QED) is 0.601. The largest absolute Gasteiger partial charge is 0.493 e. The molecule has 126 valence electrons. The van der Waals surface area contributed by atoms with Crippen molar-refractivity contribution in [3.05, 3.63) is 63.7 Å². The molecule has 0 saturated carbocycles. The molecule has 1 amide bonds. The van der Waals surface area contributed by atoms with Crippen molar-refractivity contribution < 1.29 is 19.2 Å². The summed E-state index contributed by atoms with van der Waals surface area (Å²) in [5, 5.41) is 11.1. The van der Waals surface area contributed by atoms with Crippen LogP contribution in [0.25, 0.3) is 0 Å². The first-order valence-corrected chi connectivity index (χ1v) is 7.17. The van der Waals surface area contributed by atoms with Gasteiger partial charge in [-0.1, -0.05) is 18.2 Å². The Kier molecular flexibility index (Phi) is 5.36. The zero-order chi connectivity index (χ0) is 17.7. The maximum absolute atomic E-state index is 12.5. The normalized spacial score (nSPS) is 10.1. The van der Waals surface area contributed by atoms with E-state index in [9.17, 15) is 14.9 Å². The van der Waals surface area contributed by atoms with Crippen LogP contribution in [0.15, 0.2) is 42.5 Å². The molecule has 0 atom stereocenters. The third-order valence-electron chi connectivity index (χ3n) is 3.55. The Morgan fingerprint density at radius 2 is 1.79 bits per heavy atom. The summed E-state index contributed by atoms with van der Waals surface area (Å²) in [6.45, 7) is 0.283. The number of hydrogen-bond acceptors (Lipinski definition) is 5. The zero-order valence-corrected chi connectivity index (χ0v) is 13.7. The van der Waals surface area contributed by atoms with Crippen LogP contribution in [0.5, 0.6) is 11.5 Å². The van der Waals surface area contributed by atoms with Crippen molar-refractivity contribution in [2.24, 2.45) is 0 Å². The Balaban J connectivity index is 2.22. The summed E-state index contributed by atoms with van der Waals surface area (Å²) < 4.78 is 10.4. The van der Waals surface area contributed by atoms with Crippen molar-refractivity contribution in [2.75, 3.05) is 21.3 Å². The van der Waals surface area contributed by atoms with E-state index in [2.05, 4.69) is 0 Å². The number of nitro benzene ring substituents is 1. The van der Waals surface area contributed by atoms with Crippen molar-refractivity contribution in [1.82, 2.24) is 4.90 Å². The molecular weight excluding hydrogens is 312 g/mol. The highest BCUT2D eigenvalue weighted by Gasteiger charge is 2.22. The molecule has 2 aromatic carbocycles. The van der Waals surface area contributed by atoms with Gasteiger partial charge in [-0.3, -0.25) is 14.9 Å². The average molecular weight is 330 g/mol. The van der Waals surface area contributed by atoms with E-state index in [-0.39, 0.29) is 17.8 Å². The van der Waals surface area contributed by atoms with Gasteiger partial charge >= 0.3 is 0 Å². The minimum absolute atomic E-state index is 0.0606. The predicted octanol–water partition coefficient (Wildman–Crippen LogP) is 2.88. The number of nitrogens with zero attached hydrogens (tertiary/aromatic N) is 2. The Hall–Kier alpha value is -3.09. The standard InChI is InChI=1S/C17H18N2O5/c1-18(11-12-8-9-15(23-2)16(10-12)24-3)17(20)13-6-4-5-7-14(13)19(21)22/h4-10H,11H2,1-3H3.